The van der Waals surface area contributed by atoms with Crippen molar-refractivity contribution in [3.63, 3.8) is 0 Å². The number of carbonyl (C=O) groups is 1. The Kier molecular flexibility index (Phi) is 4.97. The lowest BCUT2D eigenvalue weighted by Crippen LogP contribution is -2.51. The molecule has 5 N–H and O–H groups in total. The molecule has 0 saturated heterocycles. The fourth-order valence-corrected chi connectivity index (χ4v) is 4.47. The maximum atomic E-state index is 12.2. The van der Waals surface area contributed by atoms with E-state index in [1.165, 1.54) is 0 Å². The van der Waals surface area contributed by atoms with Crippen LogP contribution in [0.5, 0.6) is 0 Å². The minimum Gasteiger partial charge on any atom is -0.379 e. The van der Waals surface area contributed by atoms with Crippen molar-refractivity contribution in [1.29, 1.82) is 0 Å². The summed E-state index contributed by atoms with van der Waals surface area (Å²) < 4.78 is 1.80. The van der Waals surface area contributed by atoms with Gasteiger partial charge in [-0.2, -0.15) is 5.10 Å². The van der Waals surface area contributed by atoms with Gasteiger partial charge in [0.25, 0.3) is 5.91 Å². The molecule has 0 radical (unpaired) electrons. The molecule has 1 aliphatic carbocycles. The Morgan fingerprint density at radius 2 is 1.97 bits per heavy atom. The lowest BCUT2D eigenvalue weighted by Gasteiger charge is -2.39. The second kappa shape index (κ2) is 7.27. The highest BCUT2D eigenvalue weighted by atomic mass is 16.1. The van der Waals surface area contributed by atoms with Gasteiger partial charge in [-0.1, -0.05) is 26.0 Å². The van der Waals surface area contributed by atoms with E-state index in [4.69, 9.17) is 11.5 Å². The van der Waals surface area contributed by atoms with Crippen LogP contribution in [-0.4, -0.2) is 41.2 Å². The van der Waals surface area contributed by atoms with E-state index in [0.29, 0.717) is 11.3 Å². The normalized spacial score (nSPS) is 22.6. The maximum absolute atomic E-state index is 12.2. The van der Waals surface area contributed by atoms with Gasteiger partial charge in [0.1, 0.15) is 0 Å². The number of primary amides is 1. The van der Waals surface area contributed by atoms with Crippen LogP contribution in [0.1, 0.15) is 44.0 Å². The number of hydrogen-bond donors (Lipinski definition) is 3. The second-order valence-corrected chi connectivity index (χ2v) is 9.68. The third-order valence-electron chi connectivity index (χ3n) is 7.21. The first-order chi connectivity index (χ1) is 14.5. The van der Waals surface area contributed by atoms with Gasteiger partial charge in [0.15, 0.2) is 0 Å². The highest BCUT2D eigenvalue weighted by molar-refractivity contribution is 6.02. The van der Waals surface area contributed by atoms with E-state index in [1.807, 2.05) is 26.4 Å². The lowest BCUT2D eigenvalue weighted by atomic mass is 9.75. The van der Waals surface area contributed by atoms with E-state index >= 15 is 0 Å². The molecule has 0 bridgehead atoms. The number of nitrogens with one attached hydrogen (secondary N) is 1. The Bertz CT molecular complexity index is 1140. The first kappa shape index (κ1) is 21.2. The van der Waals surface area contributed by atoms with Gasteiger partial charge >= 0.3 is 0 Å². The van der Waals surface area contributed by atoms with Crippen LogP contribution in [-0.2, 0) is 0 Å². The average Bonchev–Trinajstić information content (AvgIpc) is 3.22. The SMILES string of the molecule is CN(C)c1cccc(-c2cc3c(N[C@@H]4CC[C@](C)(N)C4(C)C)c(C(N)=O)cnn3c2)c1. The molecule has 0 spiro atoms. The summed E-state index contributed by atoms with van der Waals surface area (Å²) in [4.78, 5) is 14.3. The molecular weight excluding hydrogens is 388 g/mol. The highest BCUT2D eigenvalue weighted by Crippen LogP contribution is 2.46. The van der Waals surface area contributed by atoms with Crippen molar-refractivity contribution < 1.29 is 4.79 Å². The van der Waals surface area contributed by atoms with Gasteiger partial charge in [-0.3, -0.25) is 4.79 Å². The second-order valence-electron chi connectivity index (χ2n) is 9.68. The van der Waals surface area contributed by atoms with Crippen LogP contribution in [0, 0.1) is 5.41 Å². The monoisotopic (exact) mass is 420 g/mol. The van der Waals surface area contributed by atoms with E-state index in [-0.39, 0.29) is 17.0 Å². The maximum Gasteiger partial charge on any atom is 0.252 e. The van der Waals surface area contributed by atoms with Gasteiger partial charge in [-0.25, -0.2) is 4.52 Å². The van der Waals surface area contributed by atoms with Crippen LogP contribution in [0.25, 0.3) is 16.6 Å². The summed E-state index contributed by atoms with van der Waals surface area (Å²) in [6, 6.07) is 10.5. The summed E-state index contributed by atoms with van der Waals surface area (Å²) in [7, 11) is 4.04. The van der Waals surface area contributed by atoms with E-state index in [9.17, 15) is 4.79 Å². The minimum atomic E-state index is -0.499. The largest absolute Gasteiger partial charge is 0.379 e. The van der Waals surface area contributed by atoms with Gasteiger partial charge in [0.2, 0.25) is 0 Å². The van der Waals surface area contributed by atoms with Crippen molar-refractivity contribution in [3.05, 3.63) is 48.3 Å². The standard InChI is InChI=1S/C24H32N6O/c1-23(2)20(9-10-24(23,3)26)28-21-18(22(25)31)13-27-30-14-16(12-19(21)30)15-7-6-8-17(11-15)29(4)5/h6-8,11-14,20,28H,9-10,26H2,1-5H3,(H2,25,31)/t20-,24+/m1/s1. The minimum absolute atomic E-state index is 0.113. The highest BCUT2D eigenvalue weighted by Gasteiger charge is 2.49. The zero-order chi connectivity index (χ0) is 22.6. The predicted octanol–water partition coefficient (Wildman–Crippen LogP) is 3.48. The topological polar surface area (TPSA) is 102 Å². The molecule has 1 amide bonds. The fourth-order valence-electron chi connectivity index (χ4n) is 4.47. The van der Waals surface area contributed by atoms with Gasteiger partial charge in [0, 0.05) is 48.5 Å². The Balaban J connectivity index is 1.81. The molecule has 7 nitrogen and oxygen atoms in total. The van der Waals surface area contributed by atoms with Crippen LogP contribution < -0.4 is 21.7 Å². The number of aromatic nitrogens is 2. The number of benzene rings is 1. The van der Waals surface area contributed by atoms with Crippen molar-refractivity contribution >= 4 is 22.8 Å². The van der Waals surface area contributed by atoms with Gasteiger partial charge in [0.05, 0.1) is 23.0 Å². The summed E-state index contributed by atoms with van der Waals surface area (Å²) in [6.45, 7) is 6.45. The molecule has 1 aromatic carbocycles. The van der Waals surface area contributed by atoms with Crippen molar-refractivity contribution in [2.24, 2.45) is 16.9 Å². The van der Waals surface area contributed by atoms with Crippen molar-refractivity contribution in [1.82, 2.24) is 9.61 Å². The molecule has 0 unspecified atom stereocenters. The first-order valence-corrected chi connectivity index (χ1v) is 10.7. The number of amides is 1. The van der Waals surface area contributed by atoms with Crippen LogP contribution in [0.4, 0.5) is 11.4 Å². The molecule has 2 atom stereocenters. The van der Waals surface area contributed by atoms with Gasteiger partial charge in [-0.05, 0) is 43.5 Å². The smallest absolute Gasteiger partial charge is 0.252 e. The summed E-state index contributed by atoms with van der Waals surface area (Å²) in [6.07, 6.45) is 5.36. The third kappa shape index (κ3) is 3.53. The van der Waals surface area contributed by atoms with E-state index in [1.54, 1.807) is 10.7 Å². The quantitative estimate of drug-likeness (QED) is 0.586. The van der Waals surface area contributed by atoms with Gasteiger partial charge < -0.3 is 21.7 Å². The summed E-state index contributed by atoms with van der Waals surface area (Å²) >= 11 is 0. The van der Waals surface area contributed by atoms with Crippen molar-refractivity contribution in [2.45, 2.75) is 45.2 Å². The summed E-state index contributed by atoms with van der Waals surface area (Å²) in [5, 5.41) is 8.07. The Morgan fingerprint density at radius 3 is 2.58 bits per heavy atom. The van der Waals surface area contributed by atoms with Crippen LogP contribution >= 0.6 is 0 Å². The molecule has 1 saturated carbocycles. The van der Waals surface area contributed by atoms with Crippen molar-refractivity contribution in [3.8, 4) is 11.1 Å². The molecule has 3 aromatic rings. The summed E-state index contributed by atoms with van der Waals surface area (Å²) in [5.41, 5.74) is 17.0. The molecule has 7 heteroatoms. The molecular formula is C24H32N6O. The lowest BCUT2D eigenvalue weighted by molar-refractivity contribution is 0.100. The molecule has 164 valence electrons. The summed E-state index contributed by atoms with van der Waals surface area (Å²) in [5.74, 6) is -0.499. The van der Waals surface area contributed by atoms with Crippen LogP contribution in [0.3, 0.4) is 0 Å². The third-order valence-corrected chi connectivity index (χ3v) is 7.21. The average molecular weight is 421 g/mol. The molecule has 2 aromatic heterocycles. The molecule has 1 fully saturated rings. The first-order valence-electron chi connectivity index (χ1n) is 10.7. The van der Waals surface area contributed by atoms with Crippen molar-refractivity contribution in [2.75, 3.05) is 24.3 Å². The van der Waals surface area contributed by atoms with Crippen LogP contribution in [0.15, 0.2) is 42.7 Å². The number of fused-ring (bicyclic) bond motifs is 1. The zero-order valence-corrected chi connectivity index (χ0v) is 18.9. The number of anilines is 2. The zero-order valence-electron chi connectivity index (χ0n) is 18.9. The van der Waals surface area contributed by atoms with E-state index < -0.39 is 5.91 Å². The number of nitrogens with zero attached hydrogens (tertiary/aromatic N) is 3. The molecule has 0 aliphatic heterocycles. The Hall–Kier alpha value is -3.06. The molecule has 2 heterocycles. The molecule has 4 rings (SSSR count). The van der Waals surface area contributed by atoms with Gasteiger partial charge in [-0.15, -0.1) is 0 Å². The number of nitrogens with two attached hydrogens (primary N) is 2. The number of carbonyl (C=O) groups excluding carboxylic acids is 1. The Morgan fingerprint density at radius 1 is 1.23 bits per heavy atom. The van der Waals surface area contributed by atoms with E-state index in [2.05, 4.69) is 60.4 Å². The number of hydrogen-bond acceptors (Lipinski definition) is 5. The Labute approximate surface area is 183 Å². The van der Waals surface area contributed by atoms with Crippen LogP contribution in [0.2, 0.25) is 0 Å². The van der Waals surface area contributed by atoms with E-state index in [0.717, 1.165) is 35.2 Å². The fraction of sp³-hybridized carbons (Fsp3) is 0.417. The molecule has 1 aliphatic rings. The molecule has 31 heavy (non-hydrogen) atoms. The number of rotatable bonds is 5. The predicted molar refractivity (Wildman–Crippen MR) is 126 cm³/mol.